The van der Waals surface area contributed by atoms with Gasteiger partial charge in [-0.2, -0.15) is 0 Å². The molecule has 0 saturated heterocycles. The maximum Gasteiger partial charge on any atom is 0.311 e. The van der Waals surface area contributed by atoms with E-state index in [9.17, 15) is 20.0 Å². The fourth-order valence-electron chi connectivity index (χ4n) is 2.19. The maximum atomic E-state index is 11.4. The molecule has 5 nitrogen and oxygen atoms in total. The number of aliphatic carboxylic acids is 1. The molecular formula is C13H19NO4. The Balaban J connectivity index is 3.01. The summed E-state index contributed by atoms with van der Waals surface area (Å²) in [6, 6.07) is 0. The molecule has 0 heterocycles. The van der Waals surface area contributed by atoms with Gasteiger partial charge >= 0.3 is 5.97 Å². The Labute approximate surface area is 106 Å². The molecule has 5 heteroatoms. The maximum absolute atomic E-state index is 11.4. The first-order valence-corrected chi connectivity index (χ1v) is 6.23. The predicted octanol–water partition coefficient (Wildman–Crippen LogP) is 3.00. The Kier molecular flexibility index (Phi) is 5.07. The molecule has 0 aromatic carbocycles. The lowest BCUT2D eigenvalue weighted by Crippen LogP contribution is -2.30. The molecule has 0 spiro atoms. The molecule has 0 radical (unpaired) electrons. The summed E-state index contributed by atoms with van der Waals surface area (Å²) in [5, 5.41) is 20.0. The molecular weight excluding hydrogens is 234 g/mol. The van der Waals surface area contributed by atoms with E-state index in [-0.39, 0.29) is 11.6 Å². The van der Waals surface area contributed by atoms with Gasteiger partial charge in [0.1, 0.15) is 0 Å². The lowest BCUT2D eigenvalue weighted by Gasteiger charge is -2.31. The number of hydrogen-bond acceptors (Lipinski definition) is 3. The van der Waals surface area contributed by atoms with Gasteiger partial charge in [-0.05, 0) is 30.8 Å². The normalized spacial score (nSPS) is 19.2. The smallest absolute Gasteiger partial charge is 0.311 e. The Morgan fingerprint density at radius 3 is 2.50 bits per heavy atom. The van der Waals surface area contributed by atoms with E-state index < -0.39 is 16.8 Å². The number of allylic oxidation sites excluding steroid dienone is 3. The summed E-state index contributed by atoms with van der Waals surface area (Å²) in [5.74, 6) is -1.36. The van der Waals surface area contributed by atoms with Crippen LogP contribution < -0.4 is 0 Å². The van der Waals surface area contributed by atoms with Crippen LogP contribution in [0.4, 0.5) is 0 Å². The van der Waals surface area contributed by atoms with Crippen LogP contribution in [0.1, 0.15) is 39.5 Å². The highest BCUT2D eigenvalue weighted by Crippen LogP contribution is 2.38. The van der Waals surface area contributed by atoms with Gasteiger partial charge in [0.2, 0.25) is 5.70 Å². The van der Waals surface area contributed by atoms with Crippen molar-refractivity contribution < 1.29 is 14.8 Å². The zero-order chi connectivity index (χ0) is 13.7. The third kappa shape index (κ3) is 3.42. The molecule has 1 saturated carbocycles. The minimum absolute atomic E-state index is 0.0136. The van der Waals surface area contributed by atoms with Crippen molar-refractivity contribution in [1.82, 2.24) is 0 Å². The molecule has 1 rings (SSSR count). The molecule has 1 unspecified atom stereocenters. The van der Waals surface area contributed by atoms with Crippen molar-refractivity contribution >= 4 is 5.97 Å². The fourth-order valence-corrected chi connectivity index (χ4v) is 2.19. The third-order valence-corrected chi connectivity index (χ3v) is 3.35. The quantitative estimate of drug-likeness (QED) is 0.448. The lowest BCUT2D eigenvalue weighted by atomic mass is 9.72. The van der Waals surface area contributed by atoms with E-state index in [1.54, 1.807) is 6.08 Å². The molecule has 0 aromatic heterocycles. The summed E-state index contributed by atoms with van der Waals surface area (Å²) in [5.41, 5.74) is 0.559. The monoisotopic (exact) mass is 253 g/mol. The molecule has 0 aliphatic heterocycles. The van der Waals surface area contributed by atoms with Gasteiger partial charge in [-0.25, -0.2) is 0 Å². The third-order valence-electron chi connectivity index (χ3n) is 3.35. The lowest BCUT2D eigenvalue weighted by molar-refractivity contribution is -0.424. The van der Waals surface area contributed by atoms with E-state index in [1.807, 2.05) is 6.92 Å². The molecule has 1 aliphatic carbocycles. The molecule has 1 fully saturated rings. The summed E-state index contributed by atoms with van der Waals surface area (Å²) in [4.78, 5) is 21.5. The zero-order valence-corrected chi connectivity index (χ0v) is 10.8. The highest BCUT2D eigenvalue weighted by molar-refractivity contribution is 5.75. The SMILES string of the molecule is CC/C=C(\C=C(/C)[N+](=O)[O-])C(C(=O)O)C1CCC1. The number of carboxylic acid groups (broad SMARTS) is 1. The van der Waals surface area contributed by atoms with Gasteiger partial charge in [0.25, 0.3) is 0 Å². The first kappa shape index (κ1) is 14.4. The van der Waals surface area contributed by atoms with Gasteiger partial charge in [-0.1, -0.05) is 19.4 Å². The number of rotatable bonds is 6. The minimum Gasteiger partial charge on any atom is -0.481 e. The van der Waals surface area contributed by atoms with E-state index in [4.69, 9.17) is 0 Å². The largest absolute Gasteiger partial charge is 0.481 e. The van der Waals surface area contributed by atoms with E-state index in [0.29, 0.717) is 12.0 Å². The van der Waals surface area contributed by atoms with Crippen LogP contribution >= 0.6 is 0 Å². The fraction of sp³-hybridized carbons (Fsp3) is 0.615. The van der Waals surface area contributed by atoms with Gasteiger partial charge in [0, 0.05) is 13.0 Å². The van der Waals surface area contributed by atoms with Gasteiger partial charge in [0.15, 0.2) is 0 Å². The van der Waals surface area contributed by atoms with Gasteiger partial charge in [0.05, 0.1) is 10.8 Å². The number of carbonyl (C=O) groups is 1. The van der Waals surface area contributed by atoms with Crippen molar-refractivity contribution in [2.75, 3.05) is 0 Å². The molecule has 100 valence electrons. The molecule has 1 N–H and O–H groups in total. The number of nitro groups is 1. The van der Waals surface area contributed by atoms with Crippen molar-refractivity contribution in [3.63, 3.8) is 0 Å². The van der Waals surface area contributed by atoms with Crippen molar-refractivity contribution in [3.05, 3.63) is 33.5 Å². The Hall–Kier alpha value is -1.65. The minimum atomic E-state index is -0.883. The molecule has 1 aliphatic rings. The second-order valence-electron chi connectivity index (χ2n) is 4.66. The summed E-state index contributed by atoms with van der Waals surface area (Å²) in [7, 11) is 0. The Morgan fingerprint density at radius 2 is 2.17 bits per heavy atom. The van der Waals surface area contributed by atoms with E-state index in [0.717, 1.165) is 19.3 Å². The number of carboxylic acids is 1. The average molecular weight is 253 g/mol. The standard InChI is InChI=1S/C13H19NO4/c1-3-5-11(8-9(2)14(17)18)12(13(15)16)10-6-4-7-10/h5,8,10,12H,3-4,6-7H2,1-2H3,(H,15,16)/b9-8+,11-5+. The highest BCUT2D eigenvalue weighted by atomic mass is 16.6. The van der Waals surface area contributed by atoms with Crippen LogP contribution in [-0.4, -0.2) is 16.0 Å². The zero-order valence-electron chi connectivity index (χ0n) is 10.8. The summed E-state index contributed by atoms with van der Waals surface area (Å²) in [6.07, 6.45) is 6.69. The van der Waals surface area contributed by atoms with Gasteiger partial charge in [-0.3, -0.25) is 14.9 Å². The van der Waals surface area contributed by atoms with E-state index in [2.05, 4.69) is 0 Å². The highest BCUT2D eigenvalue weighted by Gasteiger charge is 2.34. The van der Waals surface area contributed by atoms with E-state index in [1.165, 1.54) is 13.0 Å². The molecule has 0 aromatic rings. The van der Waals surface area contributed by atoms with Crippen LogP contribution in [-0.2, 0) is 4.79 Å². The van der Waals surface area contributed by atoms with Crippen molar-refractivity contribution in [2.45, 2.75) is 39.5 Å². The topological polar surface area (TPSA) is 80.4 Å². The van der Waals surface area contributed by atoms with Crippen LogP contribution in [0.3, 0.4) is 0 Å². The van der Waals surface area contributed by atoms with Crippen LogP contribution in [0, 0.1) is 22.0 Å². The van der Waals surface area contributed by atoms with Crippen molar-refractivity contribution in [2.24, 2.45) is 11.8 Å². The van der Waals surface area contributed by atoms with Crippen molar-refractivity contribution in [1.29, 1.82) is 0 Å². The van der Waals surface area contributed by atoms with Crippen molar-refractivity contribution in [3.8, 4) is 0 Å². The summed E-state index contributed by atoms with van der Waals surface area (Å²) in [6.45, 7) is 3.29. The molecule has 18 heavy (non-hydrogen) atoms. The van der Waals surface area contributed by atoms with Gasteiger partial charge in [-0.15, -0.1) is 0 Å². The first-order valence-electron chi connectivity index (χ1n) is 6.23. The average Bonchev–Trinajstić information content (AvgIpc) is 2.21. The second kappa shape index (κ2) is 6.33. The predicted molar refractivity (Wildman–Crippen MR) is 67.6 cm³/mol. The van der Waals surface area contributed by atoms with E-state index >= 15 is 0 Å². The molecule has 0 amide bonds. The summed E-state index contributed by atoms with van der Waals surface area (Å²) >= 11 is 0. The second-order valence-corrected chi connectivity index (χ2v) is 4.66. The van der Waals surface area contributed by atoms with Crippen LogP contribution in [0.25, 0.3) is 0 Å². The number of hydrogen-bond donors (Lipinski definition) is 1. The molecule has 0 bridgehead atoms. The first-order chi connectivity index (χ1) is 8.47. The van der Waals surface area contributed by atoms with Crippen LogP contribution in [0.15, 0.2) is 23.4 Å². The Morgan fingerprint density at radius 1 is 1.56 bits per heavy atom. The van der Waals surface area contributed by atoms with Crippen LogP contribution in [0.5, 0.6) is 0 Å². The van der Waals surface area contributed by atoms with Crippen LogP contribution in [0.2, 0.25) is 0 Å². The number of nitrogens with zero attached hydrogens (tertiary/aromatic N) is 1. The van der Waals surface area contributed by atoms with Gasteiger partial charge < -0.3 is 5.11 Å². The summed E-state index contributed by atoms with van der Waals surface area (Å²) < 4.78 is 0. The molecule has 1 atom stereocenters. The Bertz CT molecular complexity index is 394.